The van der Waals surface area contributed by atoms with Crippen LogP contribution in [0.2, 0.25) is 0 Å². The van der Waals surface area contributed by atoms with Crippen LogP contribution in [0.25, 0.3) is 22.1 Å². The number of ether oxygens (including phenoxy) is 1. The first kappa shape index (κ1) is 20.1. The molecule has 2 aromatic heterocycles. The highest BCUT2D eigenvalue weighted by Gasteiger charge is 2.31. The lowest BCUT2D eigenvalue weighted by Gasteiger charge is -2.08. The predicted molar refractivity (Wildman–Crippen MR) is 108 cm³/mol. The molecule has 0 spiro atoms. The van der Waals surface area contributed by atoms with E-state index in [9.17, 15) is 13.2 Å². The second kappa shape index (κ2) is 7.91. The zero-order chi connectivity index (χ0) is 21.3. The summed E-state index contributed by atoms with van der Waals surface area (Å²) in [6.07, 6.45) is -4.71. The Labute approximate surface area is 174 Å². The topological polar surface area (TPSA) is 52.8 Å². The summed E-state index contributed by atoms with van der Waals surface area (Å²) in [6, 6.07) is 13.8. The average Bonchev–Trinajstić information content (AvgIpc) is 3.29. The first-order valence-electron chi connectivity index (χ1n) is 9.06. The largest absolute Gasteiger partial charge is 0.573 e. The van der Waals surface area contributed by atoms with Gasteiger partial charge >= 0.3 is 6.36 Å². The van der Waals surface area contributed by atoms with E-state index in [4.69, 9.17) is 0 Å². The fourth-order valence-electron chi connectivity index (χ4n) is 2.98. The molecule has 0 aliphatic heterocycles. The van der Waals surface area contributed by atoms with Crippen LogP contribution in [0.4, 0.5) is 13.2 Å². The van der Waals surface area contributed by atoms with E-state index in [-0.39, 0.29) is 5.75 Å². The summed E-state index contributed by atoms with van der Waals surface area (Å²) in [5, 5.41) is 7.04. The standard InChI is InChI=1S/C21H17F3N4OS/c1-13-4-3-5-15(10-13)11-28-14(2)25-19(27-28)20-26-18(12-30-20)16-6-8-17(9-7-16)29-21(22,23)24/h3-10,12H,11H2,1-2H3. The molecule has 2 aromatic carbocycles. The van der Waals surface area contributed by atoms with Gasteiger partial charge < -0.3 is 4.74 Å². The molecular weight excluding hydrogens is 413 g/mol. The third-order valence-electron chi connectivity index (χ3n) is 4.35. The fraction of sp³-hybridized carbons (Fsp3) is 0.190. The van der Waals surface area contributed by atoms with Gasteiger partial charge in [0.05, 0.1) is 12.2 Å². The van der Waals surface area contributed by atoms with Gasteiger partial charge in [-0.25, -0.2) is 14.6 Å². The van der Waals surface area contributed by atoms with Crippen LogP contribution in [-0.4, -0.2) is 26.1 Å². The van der Waals surface area contributed by atoms with Crippen molar-refractivity contribution >= 4 is 11.3 Å². The Hall–Kier alpha value is -3.20. The fourth-order valence-corrected chi connectivity index (χ4v) is 3.74. The van der Waals surface area contributed by atoms with Gasteiger partial charge in [-0.15, -0.1) is 29.6 Å². The molecule has 2 heterocycles. The quantitative estimate of drug-likeness (QED) is 0.412. The van der Waals surface area contributed by atoms with Gasteiger partial charge in [0.25, 0.3) is 0 Å². The molecular formula is C21H17F3N4OS. The maximum Gasteiger partial charge on any atom is 0.573 e. The monoisotopic (exact) mass is 430 g/mol. The van der Waals surface area contributed by atoms with E-state index >= 15 is 0 Å². The first-order chi connectivity index (χ1) is 14.3. The molecule has 0 fully saturated rings. The smallest absolute Gasteiger partial charge is 0.406 e. The molecule has 0 saturated carbocycles. The zero-order valence-corrected chi connectivity index (χ0v) is 17.0. The second-order valence-electron chi connectivity index (χ2n) is 6.74. The lowest BCUT2D eigenvalue weighted by atomic mass is 10.1. The van der Waals surface area contributed by atoms with Crippen molar-refractivity contribution in [3.05, 3.63) is 70.9 Å². The molecule has 0 bridgehead atoms. The summed E-state index contributed by atoms with van der Waals surface area (Å²) in [5.74, 6) is 1.03. The van der Waals surface area contributed by atoms with Crippen LogP contribution in [0.15, 0.2) is 53.9 Å². The molecule has 0 N–H and O–H groups in total. The number of aryl methyl sites for hydroxylation is 2. The molecule has 0 radical (unpaired) electrons. The van der Waals surface area contributed by atoms with Crippen molar-refractivity contribution in [3.63, 3.8) is 0 Å². The Morgan fingerprint density at radius 2 is 1.80 bits per heavy atom. The van der Waals surface area contributed by atoms with Crippen LogP contribution >= 0.6 is 11.3 Å². The van der Waals surface area contributed by atoms with E-state index in [1.54, 1.807) is 0 Å². The van der Waals surface area contributed by atoms with Crippen LogP contribution in [-0.2, 0) is 6.54 Å². The lowest BCUT2D eigenvalue weighted by molar-refractivity contribution is -0.274. The number of alkyl halides is 3. The summed E-state index contributed by atoms with van der Waals surface area (Å²) < 4.78 is 42.6. The van der Waals surface area contributed by atoms with Gasteiger partial charge in [0.15, 0.2) is 5.01 Å². The molecule has 5 nitrogen and oxygen atoms in total. The maximum atomic E-state index is 12.3. The number of hydrogen-bond acceptors (Lipinski definition) is 5. The summed E-state index contributed by atoms with van der Waals surface area (Å²) in [4.78, 5) is 9.06. The summed E-state index contributed by atoms with van der Waals surface area (Å²) in [6.45, 7) is 4.54. The Kier molecular flexibility index (Phi) is 5.29. The Bertz CT molecular complexity index is 1170. The predicted octanol–water partition coefficient (Wildman–Crippen LogP) is 5.63. The number of hydrogen-bond donors (Lipinski definition) is 0. The molecule has 0 amide bonds. The van der Waals surface area contributed by atoms with Crippen LogP contribution in [0.3, 0.4) is 0 Å². The highest BCUT2D eigenvalue weighted by atomic mass is 32.1. The average molecular weight is 430 g/mol. The molecule has 0 saturated heterocycles. The van der Waals surface area contributed by atoms with Crippen molar-refractivity contribution in [2.45, 2.75) is 26.8 Å². The molecule has 30 heavy (non-hydrogen) atoms. The minimum atomic E-state index is -4.71. The highest BCUT2D eigenvalue weighted by molar-refractivity contribution is 7.13. The van der Waals surface area contributed by atoms with Crippen molar-refractivity contribution in [2.75, 3.05) is 0 Å². The van der Waals surface area contributed by atoms with Crippen molar-refractivity contribution in [1.82, 2.24) is 19.7 Å². The number of halogens is 3. The zero-order valence-electron chi connectivity index (χ0n) is 16.1. The normalized spacial score (nSPS) is 11.6. The number of thiazole rings is 1. The third-order valence-corrected chi connectivity index (χ3v) is 5.19. The minimum Gasteiger partial charge on any atom is -0.406 e. The Balaban J connectivity index is 1.53. The SMILES string of the molecule is Cc1cccc(Cn2nc(-c3nc(-c4ccc(OC(F)(F)F)cc4)cs3)nc2C)c1. The number of rotatable bonds is 5. The van der Waals surface area contributed by atoms with E-state index in [1.807, 2.05) is 42.1 Å². The van der Waals surface area contributed by atoms with E-state index < -0.39 is 6.36 Å². The summed E-state index contributed by atoms with van der Waals surface area (Å²) in [7, 11) is 0. The number of aromatic nitrogens is 4. The molecule has 0 unspecified atom stereocenters. The van der Waals surface area contributed by atoms with Gasteiger partial charge in [-0.05, 0) is 43.7 Å². The molecule has 0 atom stereocenters. The lowest BCUT2D eigenvalue weighted by Crippen LogP contribution is -2.16. The van der Waals surface area contributed by atoms with Crippen molar-refractivity contribution in [3.8, 4) is 27.8 Å². The molecule has 0 aliphatic carbocycles. The number of nitrogens with zero attached hydrogens (tertiary/aromatic N) is 4. The molecule has 4 rings (SSSR count). The van der Waals surface area contributed by atoms with E-state index in [0.717, 1.165) is 11.4 Å². The van der Waals surface area contributed by atoms with Crippen LogP contribution in [0.5, 0.6) is 5.75 Å². The summed E-state index contributed by atoms with van der Waals surface area (Å²) in [5.41, 5.74) is 3.64. The van der Waals surface area contributed by atoms with Crippen LogP contribution in [0, 0.1) is 13.8 Å². The van der Waals surface area contributed by atoms with Gasteiger partial charge in [0.2, 0.25) is 5.82 Å². The Morgan fingerprint density at radius 1 is 1.03 bits per heavy atom. The summed E-state index contributed by atoms with van der Waals surface area (Å²) >= 11 is 1.38. The minimum absolute atomic E-state index is 0.270. The van der Waals surface area contributed by atoms with Gasteiger partial charge in [-0.1, -0.05) is 29.8 Å². The number of benzene rings is 2. The van der Waals surface area contributed by atoms with Crippen molar-refractivity contribution in [2.24, 2.45) is 0 Å². The second-order valence-corrected chi connectivity index (χ2v) is 7.60. The maximum absolute atomic E-state index is 12.3. The van der Waals surface area contributed by atoms with Gasteiger partial charge in [0.1, 0.15) is 11.6 Å². The van der Waals surface area contributed by atoms with Gasteiger partial charge in [-0.3, -0.25) is 0 Å². The van der Waals surface area contributed by atoms with Crippen LogP contribution in [0.1, 0.15) is 17.0 Å². The molecule has 154 valence electrons. The van der Waals surface area contributed by atoms with E-state index in [2.05, 4.69) is 25.9 Å². The van der Waals surface area contributed by atoms with Crippen molar-refractivity contribution < 1.29 is 17.9 Å². The first-order valence-corrected chi connectivity index (χ1v) is 9.94. The molecule has 9 heteroatoms. The van der Waals surface area contributed by atoms with E-state index in [1.165, 1.54) is 41.2 Å². The van der Waals surface area contributed by atoms with Gasteiger partial charge in [-0.2, -0.15) is 0 Å². The molecule has 4 aromatic rings. The van der Waals surface area contributed by atoms with Gasteiger partial charge in [0, 0.05) is 10.9 Å². The van der Waals surface area contributed by atoms with Crippen molar-refractivity contribution in [1.29, 1.82) is 0 Å². The molecule has 0 aliphatic rings. The van der Waals surface area contributed by atoms with Crippen LogP contribution < -0.4 is 4.74 Å². The third kappa shape index (κ3) is 4.68. The highest BCUT2D eigenvalue weighted by Crippen LogP contribution is 2.30. The van der Waals surface area contributed by atoms with E-state index in [0.29, 0.717) is 28.6 Å². The Morgan fingerprint density at radius 3 is 2.50 bits per heavy atom.